The third kappa shape index (κ3) is 26.5. The van der Waals surface area contributed by atoms with Crippen LogP contribution in [0.25, 0.3) is 0 Å². The maximum atomic E-state index is 13.2. The number of hydrogen-bond acceptors (Lipinski definition) is 11. The molecule has 0 aliphatic heterocycles. The molecule has 0 fully saturated rings. The lowest BCUT2D eigenvalue weighted by Crippen LogP contribution is -2.56. The Morgan fingerprint density at radius 3 is 1.73 bits per heavy atom. The fourth-order valence-electron chi connectivity index (χ4n) is 5.97. The Morgan fingerprint density at radius 2 is 1.20 bits per heavy atom. The molecule has 1 aromatic heterocycles. The minimum Gasteiger partial charge on any atom is -0.481 e. The summed E-state index contributed by atoms with van der Waals surface area (Å²) >= 11 is 0. The molecule has 334 valence electrons. The van der Waals surface area contributed by atoms with Crippen LogP contribution >= 0.6 is 0 Å². The number of carboxylic acid groups (broad SMARTS) is 2. The molecule has 0 spiro atoms. The zero-order valence-electron chi connectivity index (χ0n) is 34.1. The Labute approximate surface area is 345 Å². The molecule has 0 radical (unpaired) electrons. The summed E-state index contributed by atoms with van der Waals surface area (Å²) < 4.78 is 26.8. The summed E-state index contributed by atoms with van der Waals surface area (Å²) in [6, 6.07) is -4.55. The van der Waals surface area contributed by atoms with Gasteiger partial charge in [0.1, 0.15) is 18.1 Å². The fraction of sp³-hybridized carbons (Fsp3) is 0.711. The lowest BCUT2D eigenvalue weighted by atomic mass is 10.0. The molecule has 0 bridgehead atoms. The van der Waals surface area contributed by atoms with Crippen molar-refractivity contribution in [3.63, 3.8) is 0 Å². The summed E-state index contributed by atoms with van der Waals surface area (Å²) in [7, 11) is -4.00. The van der Waals surface area contributed by atoms with Crippen molar-refractivity contribution in [2.45, 2.75) is 160 Å². The van der Waals surface area contributed by atoms with Gasteiger partial charge < -0.3 is 42.2 Å². The lowest BCUT2D eigenvalue weighted by molar-refractivity contribution is -0.142. The van der Waals surface area contributed by atoms with E-state index < -0.39 is 107 Å². The first kappa shape index (κ1) is 51.9. The van der Waals surface area contributed by atoms with E-state index in [1.807, 2.05) is 4.72 Å². The van der Waals surface area contributed by atoms with Gasteiger partial charge in [-0.2, -0.15) is 0 Å². The molecule has 1 aromatic rings. The highest BCUT2D eigenvalue weighted by atomic mass is 32.2. The number of nitrogens with zero attached hydrogens (tertiary/aromatic N) is 1. The van der Waals surface area contributed by atoms with E-state index in [0.29, 0.717) is 12.1 Å². The standard InChI is InChI=1S/C38H64N8O12S/c1-2-3-4-5-6-7-8-9-10-11-12-13-14-16-33(49)46-59(57,58)22-15-17-32(48)41-25-34(50)43-28(19-21-35(51)52)36(53)44-29(18-20-31(39)47)37(54)45-30(38(55)56)23-27-24-40-26-42-27/h24,26,28-30H,2-23,25H2,1H3,(H2,39,47)(H,40,42)(H,41,48)(H,43,50)(H,44,53)(H,45,54)(H,46,49)(H,51,52)(H,55,56)/t28-,29-,30-/m0/s1. The molecule has 0 unspecified atom stereocenters. The molecule has 0 saturated carbocycles. The number of amides is 6. The Morgan fingerprint density at radius 1 is 0.678 bits per heavy atom. The molecule has 59 heavy (non-hydrogen) atoms. The van der Waals surface area contributed by atoms with Gasteiger partial charge in [-0.25, -0.2) is 18.2 Å². The van der Waals surface area contributed by atoms with Gasteiger partial charge in [-0.05, 0) is 25.7 Å². The third-order valence-corrected chi connectivity index (χ3v) is 10.6. The smallest absolute Gasteiger partial charge is 0.326 e. The topological polar surface area (TPSA) is 326 Å². The largest absolute Gasteiger partial charge is 0.481 e. The number of carboxylic acids is 2. The van der Waals surface area contributed by atoms with Crippen LogP contribution in [-0.4, -0.2) is 106 Å². The number of aromatic amines is 1. The van der Waals surface area contributed by atoms with Gasteiger partial charge >= 0.3 is 11.9 Å². The first-order valence-corrected chi connectivity index (χ1v) is 22.1. The number of aliphatic carboxylic acids is 2. The molecule has 0 aliphatic rings. The van der Waals surface area contributed by atoms with Crippen molar-refractivity contribution in [2.75, 3.05) is 12.3 Å². The first-order chi connectivity index (χ1) is 28.0. The number of nitrogens with one attached hydrogen (secondary N) is 6. The van der Waals surface area contributed by atoms with E-state index >= 15 is 0 Å². The molecule has 6 amide bonds. The van der Waals surface area contributed by atoms with Gasteiger partial charge in [0.25, 0.3) is 0 Å². The molecular weight excluding hydrogens is 793 g/mol. The van der Waals surface area contributed by atoms with Gasteiger partial charge in [0, 0.05) is 44.0 Å². The minimum absolute atomic E-state index is 0.0666. The first-order valence-electron chi connectivity index (χ1n) is 20.4. The zero-order chi connectivity index (χ0) is 44.1. The van der Waals surface area contributed by atoms with Crippen molar-refractivity contribution in [1.82, 2.24) is 36.0 Å². The van der Waals surface area contributed by atoms with Crippen molar-refractivity contribution >= 4 is 57.4 Å². The van der Waals surface area contributed by atoms with E-state index in [1.54, 1.807) is 0 Å². The van der Waals surface area contributed by atoms with Gasteiger partial charge in [0.15, 0.2) is 0 Å². The fourth-order valence-corrected chi connectivity index (χ4v) is 7.04. The second kappa shape index (κ2) is 30.0. The van der Waals surface area contributed by atoms with E-state index in [9.17, 15) is 57.0 Å². The number of hydrogen-bond donors (Lipinski definition) is 9. The number of sulfonamides is 1. The SMILES string of the molecule is CCCCCCCCCCCCCCCC(=O)NS(=O)(=O)CCCC(=O)NCC(=O)N[C@@H](CCC(=O)O)C(=O)N[C@@H](CCC(N)=O)C(=O)N[C@@H](Cc1cnc[nH]1)C(=O)O. The number of carbonyl (C=O) groups is 8. The normalized spacial score (nSPS) is 12.7. The summed E-state index contributed by atoms with van der Waals surface area (Å²) in [5.74, 6) is -8.39. The molecular formula is C38H64N8O12S. The summed E-state index contributed by atoms with van der Waals surface area (Å²) in [5, 5.41) is 27.9. The molecule has 21 heteroatoms. The molecule has 0 saturated heterocycles. The molecule has 1 rings (SSSR count). The molecule has 3 atom stereocenters. The zero-order valence-corrected chi connectivity index (χ0v) is 34.9. The minimum atomic E-state index is -4.00. The second-order valence-corrected chi connectivity index (χ2v) is 16.4. The number of imidazole rings is 1. The van der Waals surface area contributed by atoms with E-state index in [0.717, 1.165) is 25.7 Å². The second-order valence-electron chi connectivity index (χ2n) is 14.5. The highest BCUT2D eigenvalue weighted by Crippen LogP contribution is 2.13. The van der Waals surface area contributed by atoms with Crippen LogP contribution in [0.4, 0.5) is 0 Å². The van der Waals surface area contributed by atoms with Crippen LogP contribution in [0.1, 0.15) is 141 Å². The van der Waals surface area contributed by atoms with Crippen LogP contribution in [0.2, 0.25) is 0 Å². The van der Waals surface area contributed by atoms with Crippen molar-refractivity contribution < 1.29 is 57.0 Å². The van der Waals surface area contributed by atoms with Crippen LogP contribution in [0.3, 0.4) is 0 Å². The number of rotatable bonds is 35. The summed E-state index contributed by atoms with van der Waals surface area (Å²) in [4.78, 5) is 105. The number of unbranched alkanes of at least 4 members (excludes halogenated alkanes) is 12. The number of carbonyl (C=O) groups excluding carboxylic acids is 6. The van der Waals surface area contributed by atoms with Gasteiger partial charge in [0.05, 0.1) is 18.6 Å². The summed E-state index contributed by atoms with van der Waals surface area (Å²) in [6.07, 6.45) is 15.0. The van der Waals surface area contributed by atoms with Crippen LogP contribution in [0.15, 0.2) is 12.5 Å². The Kier molecular flexibility index (Phi) is 26.4. The van der Waals surface area contributed by atoms with Gasteiger partial charge in [0.2, 0.25) is 45.5 Å². The lowest BCUT2D eigenvalue weighted by Gasteiger charge is -2.24. The van der Waals surface area contributed by atoms with Crippen molar-refractivity contribution in [2.24, 2.45) is 5.73 Å². The number of H-pyrrole nitrogens is 1. The predicted octanol–water partition coefficient (Wildman–Crippen LogP) is 1.45. The molecule has 10 N–H and O–H groups in total. The summed E-state index contributed by atoms with van der Waals surface area (Å²) in [6.45, 7) is 1.52. The van der Waals surface area contributed by atoms with Gasteiger partial charge in [-0.3, -0.25) is 38.3 Å². The monoisotopic (exact) mass is 856 g/mol. The Hall–Kier alpha value is -5.08. The molecule has 0 aliphatic carbocycles. The average Bonchev–Trinajstić information content (AvgIpc) is 3.68. The van der Waals surface area contributed by atoms with E-state index in [2.05, 4.69) is 38.2 Å². The Balaban J connectivity index is 2.53. The van der Waals surface area contributed by atoms with Crippen LogP contribution in [0.5, 0.6) is 0 Å². The number of nitrogens with two attached hydrogens (primary N) is 1. The highest BCUT2D eigenvalue weighted by molar-refractivity contribution is 7.90. The van der Waals surface area contributed by atoms with Crippen molar-refractivity contribution in [1.29, 1.82) is 0 Å². The van der Waals surface area contributed by atoms with Crippen molar-refractivity contribution in [3.8, 4) is 0 Å². The van der Waals surface area contributed by atoms with E-state index in [1.165, 1.54) is 63.9 Å². The molecule has 20 nitrogen and oxygen atoms in total. The van der Waals surface area contributed by atoms with Gasteiger partial charge in [-0.15, -0.1) is 0 Å². The quantitative estimate of drug-likeness (QED) is 0.0437. The van der Waals surface area contributed by atoms with Crippen molar-refractivity contribution in [3.05, 3.63) is 18.2 Å². The highest BCUT2D eigenvalue weighted by Gasteiger charge is 2.30. The number of aromatic nitrogens is 2. The third-order valence-electron chi connectivity index (χ3n) is 9.24. The van der Waals surface area contributed by atoms with Crippen LogP contribution in [0, 0.1) is 0 Å². The predicted molar refractivity (Wildman–Crippen MR) is 216 cm³/mol. The van der Waals surface area contributed by atoms with E-state index in [4.69, 9.17) is 5.73 Å². The summed E-state index contributed by atoms with van der Waals surface area (Å²) in [5.41, 5.74) is 5.58. The molecule has 0 aromatic carbocycles. The van der Waals surface area contributed by atoms with Gasteiger partial charge in [-0.1, -0.05) is 84.0 Å². The average molecular weight is 857 g/mol. The molecule has 1 heterocycles. The van der Waals surface area contributed by atoms with E-state index in [-0.39, 0.29) is 32.1 Å². The maximum Gasteiger partial charge on any atom is 0.326 e. The van der Waals surface area contributed by atoms with Crippen LogP contribution in [-0.2, 0) is 54.8 Å². The maximum absolute atomic E-state index is 13.2. The Bertz CT molecular complexity index is 1590. The number of primary amides is 1. The van der Waals surface area contributed by atoms with Crippen LogP contribution < -0.4 is 31.7 Å².